The lowest BCUT2D eigenvalue weighted by atomic mass is 9.72. The fourth-order valence-corrected chi connectivity index (χ4v) is 5.70. The van der Waals surface area contributed by atoms with E-state index in [4.69, 9.17) is 23.7 Å². The Balaban J connectivity index is 1.90. The topological polar surface area (TPSA) is 113 Å². The van der Waals surface area contributed by atoms with Crippen molar-refractivity contribution >= 4 is 17.6 Å². The molecule has 2 aromatic carbocycles. The highest BCUT2D eigenvalue weighted by Crippen LogP contribution is 2.52. The molecular weight excluding hydrogens is 573 g/mol. The predicted octanol–water partition coefficient (Wildman–Crippen LogP) is 4.45. The average molecular weight is 607 g/mol. The maximum Gasteiger partial charge on any atom is 0.425 e. The Hall–Kier alpha value is -4.42. The molecule has 0 saturated carbocycles. The van der Waals surface area contributed by atoms with Crippen molar-refractivity contribution in [3.63, 3.8) is 0 Å². The molecule has 4 rings (SSSR count). The van der Waals surface area contributed by atoms with Crippen LogP contribution in [0.15, 0.2) is 41.6 Å². The van der Waals surface area contributed by atoms with Crippen molar-refractivity contribution in [1.82, 2.24) is 10.2 Å². The Morgan fingerprint density at radius 1 is 0.884 bits per heavy atom. The summed E-state index contributed by atoms with van der Waals surface area (Å²) in [6.07, 6.45) is -5.68. The van der Waals surface area contributed by atoms with Crippen molar-refractivity contribution in [2.45, 2.75) is 44.9 Å². The van der Waals surface area contributed by atoms with Crippen molar-refractivity contribution in [2.75, 3.05) is 35.5 Å². The van der Waals surface area contributed by atoms with Crippen LogP contribution in [0.5, 0.6) is 28.7 Å². The molecule has 2 amide bonds. The number of methoxy groups -OCH3 is 5. The Morgan fingerprint density at radius 3 is 1.98 bits per heavy atom. The Labute approximate surface area is 246 Å². The van der Waals surface area contributed by atoms with Gasteiger partial charge in [0.05, 0.1) is 47.7 Å². The molecule has 0 aromatic heterocycles. The molecule has 43 heavy (non-hydrogen) atoms. The second-order valence-electron chi connectivity index (χ2n) is 10.9. The van der Waals surface area contributed by atoms with Gasteiger partial charge in [-0.25, -0.2) is 0 Å². The monoisotopic (exact) mass is 606 g/mol. The number of ketones is 1. The van der Waals surface area contributed by atoms with E-state index in [0.29, 0.717) is 11.3 Å². The van der Waals surface area contributed by atoms with Gasteiger partial charge in [0.25, 0.3) is 11.8 Å². The molecule has 1 aliphatic carbocycles. The molecule has 2 aliphatic rings. The number of alkyl halides is 3. The first-order valence-corrected chi connectivity index (χ1v) is 13.2. The third-order valence-corrected chi connectivity index (χ3v) is 7.59. The number of carbonyl (C=O) groups excluding carboxylic acids is 3. The van der Waals surface area contributed by atoms with Gasteiger partial charge in [-0.3, -0.25) is 14.4 Å². The maximum absolute atomic E-state index is 15.3. The van der Waals surface area contributed by atoms with Crippen molar-refractivity contribution in [3.8, 4) is 28.7 Å². The summed E-state index contributed by atoms with van der Waals surface area (Å²) in [6, 6.07) is 7.09. The summed E-state index contributed by atoms with van der Waals surface area (Å²) in [7, 11) is 6.65. The summed E-state index contributed by atoms with van der Waals surface area (Å²) < 4.78 is 72.4. The molecule has 0 bridgehead atoms. The van der Waals surface area contributed by atoms with Gasteiger partial charge in [0.2, 0.25) is 11.3 Å². The van der Waals surface area contributed by atoms with Crippen molar-refractivity contribution in [2.24, 2.45) is 5.41 Å². The largest absolute Gasteiger partial charge is 0.493 e. The number of benzene rings is 2. The standard InChI is InChI=1S/C30H33F3N2O8/c1-28(2)13-18-23(19(36)14-28)29(30(31,32)33,27(38)35(18)15-16-9-8-10-20(39-3)24(16)42-6)34-26(37)17-11-21(40-4)25(43-7)22(12-17)41-5/h8-12H,13-15H2,1-7H3,(H,34,37)/t29-/m1/s1. The van der Waals surface area contributed by atoms with E-state index >= 15 is 13.2 Å². The second kappa shape index (κ2) is 11.3. The highest BCUT2D eigenvalue weighted by atomic mass is 19.4. The lowest BCUT2D eigenvalue weighted by Crippen LogP contribution is -2.66. The molecule has 1 aliphatic heterocycles. The summed E-state index contributed by atoms with van der Waals surface area (Å²) in [5.41, 5.74) is -5.29. The molecule has 0 unspecified atom stereocenters. The van der Waals surface area contributed by atoms with Crippen LogP contribution in [0.25, 0.3) is 0 Å². The number of amides is 2. The van der Waals surface area contributed by atoms with Crippen molar-refractivity contribution < 1.29 is 51.2 Å². The zero-order valence-electron chi connectivity index (χ0n) is 24.9. The number of allylic oxidation sites excluding steroid dienone is 1. The minimum atomic E-state index is -5.40. The lowest BCUT2D eigenvalue weighted by Gasteiger charge is -2.35. The van der Waals surface area contributed by atoms with Crippen LogP contribution in [0.1, 0.15) is 42.6 Å². The molecule has 0 fully saturated rings. The summed E-state index contributed by atoms with van der Waals surface area (Å²) in [6.45, 7) is 3.08. The summed E-state index contributed by atoms with van der Waals surface area (Å²) in [4.78, 5) is 42.2. The van der Waals surface area contributed by atoms with Crippen LogP contribution in [0.3, 0.4) is 0 Å². The van der Waals surface area contributed by atoms with E-state index in [-0.39, 0.29) is 53.6 Å². The Kier molecular flexibility index (Phi) is 8.31. The van der Waals surface area contributed by atoms with Gasteiger partial charge in [-0.15, -0.1) is 0 Å². The SMILES string of the molecule is COc1cccc(CN2C(=O)[C@@](NC(=O)c3cc(OC)c(OC)c(OC)c3)(C(F)(F)F)C3=C2CC(C)(C)CC3=O)c1OC. The molecule has 0 saturated heterocycles. The smallest absolute Gasteiger partial charge is 0.425 e. The van der Waals surface area contributed by atoms with Gasteiger partial charge in [-0.05, 0) is 30.0 Å². The van der Waals surface area contributed by atoms with E-state index in [2.05, 4.69) is 0 Å². The zero-order chi connectivity index (χ0) is 31.9. The quantitative estimate of drug-likeness (QED) is 0.446. The van der Waals surface area contributed by atoms with Crippen LogP contribution >= 0.6 is 0 Å². The van der Waals surface area contributed by atoms with Gasteiger partial charge in [0, 0.05) is 23.2 Å². The molecule has 10 nitrogen and oxygen atoms in total. The number of halogens is 3. The number of nitrogens with zero attached hydrogens (tertiary/aromatic N) is 1. The van der Waals surface area contributed by atoms with Crippen molar-refractivity contribution in [1.29, 1.82) is 0 Å². The van der Waals surface area contributed by atoms with E-state index in [9.17, 15) is 14.4 Å². The molecule has 1 atom stereocenters. The number of hydrogen-bond donors (Lipinski definition) is 1. The molecule has 232 valence electrons. The van der Waals surface area contributed by atoms with Gasteiger partial charge >= 0.3 is 6.18 Å². The van der Waals surface area contributed by atoms with Gasteiger partial charge in [-0.1, -0.05) is 26.0 Å². The Morgan fingerprint density at radius 2 is 1.47 bits per heavy atom. The number of Topliss-reactive ketones (excluding diaryl/α,β-unsaturated/α-hetero) is 1. The number of rotatable bonds is 9. The summed E-state index contributed by atoms with van der Waals surface area (Å²) in [5, 5.41) is 1.92. The summed E-state index contributed by atoms with van der Waals surface area (Å²) in [5.74, 6) is -3.04. The van der Waals surface area contributed by atoms with Crippen molar-refractivity contribution in [3.05, 3.63) is 52.7 Å². The van der Waals surface area contributed by atoms with Gasteiger partial charge in [-0.2, -0.15) is 13.2 Å². The predicted molar refractivity (Wildman–Crippen MR) is 147 cm³/mol. The van der Waals surface area contributed by atoms with Crippen LogP contribution in [-0.2, 0) is 16.1 Å². The normalized spacial score (nSPS) is 19.6. The third-order valence-electron chi connectivity index (χ3n) is 7.59. The van der Waals surface area contributed by atoms with Gasteiger partial charge in [0.15, 0.2) is 28.8 Å². The number of hydrogen-bond acceptors (Lipinski definition) is 8. The lowest BCUT2D eigenvalue weighted by molar-refractivity contribution is -0.190. The fourth-order valence-electron chi connectivity index (χ4n) is 5.70. The maximum atomic E-state index is 15.3. The second-order valence-corrected chi connectivity index (χ2v) is 10.9. The molecule has 1 heterocycles. The number of para-hydroxylation sites is 1. The molecule has 13 heteroatoms. The van der Waals surface area contributed by atoms with Crippen LogP contribution in [0.2, 0.25) is 0 Å². The first-order chi connectivity index (χ1) is 20.2. The number of nitrogens with one attached hydrogen (secondary N) is 1. The third kappa shape index (κ3) is 5.21. The van der Waals surface area contributed by atoms with Gasteiger partial charge < -0.3 is 33.9 Å². The van der Waals surface area contributed by atoms with E-state index in [1.807, 2.05) is 5.32 Å². The van der Waals surface area contributed by atoms with Crippen LogP contribution in [0.4, 0.5) is 13.2 Å². The van der Waals surface area contributed by atoms with Gasteiger partial charge in [0.1, 0.15) is 0 Å². The highest BCUT2D eigenvalue weighted by Gasteiger charge is 2.71. The molecule has 1 N–H and O–H groups in total. The van der Waals surface area contributed by atoms with Crippen LogP contribution in [0, 0.1) is 5.41 Å². The molecule has 0 radical (unpaired) electrons. The molecule has 0 spiro atoms. The molecule has 2 aromatic rings. The zero-order valence-corrected chi connectivity index (χ0v) is 24.9. The first kappa shape index (κ1) is 31.5. The van der Waals surface area contributed by atoms with Crippen LogP contribution in [-0.4, -0.2) is 69.8 Å². The minimum Gasteiger partial charge on any atom is -0.493 e. The molecular formula is C30H33F3N2O8. The first-order valence-electron chi connectivity index (χ1n) is 13.2. The summed E-state index contributed by atoms with van der Waals surface area (Å²) >= 11 is 0. The van der Waals surface area contributed by atoms with Crippen LogP contribution < -0.4 is 29.0 Å². The van der Waals surface area contributed by atoms with E-state index in [0.717, 1.165) is 17.0 Å². The average Bonchev–Trinajstić information content (AvgIpc) is 3.18. The Bertz CT molecular complexity index is 1480. The number of carbonyl (C=O) groups is 3. The number of ether oxygens (including phenoxy) is 5. The minimum absolute atomic E-state index is 0.00736. The van der Waals surface area contributed by atoms with E-state index < -0.39 is 40.3 Å². The van der Waals surface area contributed by atoms with E-state index in [1.165, 1.54) is 35.5 Å². The van der Waals surface area contributed by atoms with E-state index in [1.54, 1.807) is 32.0 Å². The highest BCUT2D eigenvalue weighted by molar-refractivity contribution is 6.14. The fraction of sp³-hybridized carbons (Fsp3) is 0.433.